The molecule has 1 heterocycles. The van der Waals surface area contributed by atoms with E-state index >= 15 is 0 Å². The Bertz CT molecular complexity index is 183. The molecule has 2 nitrogen and oxygen atoms in total. The number of likely N-dealkylation sites (N-methyl/N-ethyl adjacent to an activating group) is 1. The van der Waals surface area contributed by atoms with E-state index in [0.29, 0.717) is 12.5 Å². The van der Waals surface area contributed by atoms with E-state index in [2.05, 4.69) is 31.1 Å². The second-order valence-electron chi connectivity index (χ2n) is 4.73. The molecule has 1 N–H and O–H groups in total. The predicted molar refractivity (Wildman–Crippen MR) is 69.7 cm³/mol. The Morgan fingerprint density at radius 1 is 1.50 bits per heavy atom. The van der Waals surface area contributed by atoms with E-state index in [1.807, 2.05) is 13.8 Å². The third kappa shape index (κ3) is 4.38. The Balaban J connectivity index is 0.00000106. The van der Waals surface area contributed by atoms with Crippen LogP contribution < -0.4 is 5.32 Å². The van der Waals surface area contributed by atoms with Crippen LogP contribution >= 0.6 is 0 Å². The number of nitrogens with zero attached hydrogens (tertiary/aromatic N) is 1. The molecule has 0 aliphatic carbocycles. The molecular weight excluding hydrogens is 203 g/mol. The number of hydrogen-bond acceptors (Lipinski definition) is 2. The van der Waals surface area contributed by atoms with Crippen LogP contribution in [0.2, 0.25) is 0 Å². The molecule has 3 heteroatoms. The number of rotatable bonds is 4. The normalized spacial score (nSPS) is 31.1. The van der Waals surface area contributed by atoms with Crippen molar-refractivity contribution in [2.45, 2.75) is 65.2 Å². The summed E-state index contributed by atoms with van der Waals surface area (Å²) in [5.41, 5.74) is -1.03. The van der Waals surface area contributed by atoms with Gasteiger partial charge in [0.15, 0.2) is 0 Å². The fraction of sp³-hybridized carbons (Fsp3) is 1.00. The standard InChI is InChI=1S/C11H23FN2.C2H6/c1-5-9(2)14(4)8-10-11(3,12)6-7-13-10;1-2/h9-10,13H,5-8H2,1-4H3;1-2H3. The molecule has 16 heavy (non-hydrogen) atoms. The van der Waals surface area contributed by atoms with Crippen LogP contribution in [0.4, 0.5) is 4.39 Å². The highest BCUT2D eigenvalue weighted by Crippen LogP contribution is 2.25. The Kier molecular flexibility index (Phi) is 7.16. The highest BCUT2D eigenvalue weighted by atomic mass is 19.1. The summed E-state index contributed by atoms with van der Waals surface area (Å²) in [5, 5.41) is 3.24. The van der Waals surface area contributed by atoms with Crippen molar-refractivity contribution in [3.05, 3.63) is 0 Å². The summed E-state index contributed by atoms with van der Waals surface area (Å²) in [7, 11) is 2.07. The Morgan fingerprint density at radius 3 is 2.44 bits per heavy atom. The second kappa shape index (κ2) is 7.23. The molecule has 1 fully saturated rings. The van der Waals surface area contributed by atoms with E-state index in [4.69, 9.17) is 0 Å². The van der Waals surface area contributed by atoms with E-state index < -0.39 is 5.67 Å². The first-order valence-electron chi connectivity index (χ1n) is 6.60. The van der Waals surface area contributed by atoms with Gasteiger partial charge in [-0.1, -0.05) is 20.8 Å². The van der Waals surface area contributed by atoms with Gasteiger partial charge in [0.25, 0.3) is 0 Å². The van der Waals surface area contributed by atoms with Gasteiger partial charge in [0.05, 0.1) is 6.04 Å². The zero-order chi connectivity index (χ0) is 12.8. The fourth-order valence-corrected chi connectivity index (χ4v) is 1.91. The smallest absolute Gasteiger partial charge is 0.125 e. The van der Waals surface area contributed by atoms with Gasteiger partial charge in [-0.3, -0.25) is 0 Å². The average Bonchev–Trinajstić information content (AvgIpc) is 2.60. The van der Waals surface area contributed by atoms with Crippen LogP contribution in [0.25, 0.3) is 0 Å². The summed E-state index contributed by atoms with van der Waals surface area (Å²) in [6.07, 6.45) is 1.76. The lowest BCUT2D eigenvalue weighted by Gasteiger charge is -2.30. The summed E-state index contributed by atoms with van der Waals surface area (Å²) in [6, 6.07) is 0.537. The lowest BCUT2D eigenvalue weighted by Crippen LogP contribution is -2.47. The van der Waals surface area contributed by atoms with Crippen LogP contribution in [0.15, 0.2) is 0 Å². The topological polar surface area (TPSA) is 15.3 Å². The summed E-state index contributed by atoms with van der Waals surface area (Å²) in [5.74, 6) is 0. The van der Waals surface area contributed by atoms with Crippen LogP contribution in [0.5, 0.6) is 0 Å². The van der Waals surface area contributed by atoms with Crippen LogP contribution in [0.1, 0.15) is 47.5 Å². The molecule has 0 aromatic heterocycles. The van der Waals surface area contributed by atoms with Crippen LogP contribution in [-0.2, 0) is 0 Å². The lowest BCUT2D eigenvalue weighted by atomic mass is 9.99. The first-order chi connectivity index (χ1) is 7.47. The van der Waals surface area contributed by atoms with Crippen LogP contribution in [-0.4, -0.2) is 42.8 Å². The average molecular weight is 232 g/mol. The van der Waals surface area contributed by atoms with Gasteiger partial charge in [-0.15, -0.1) is 0 Å². The molecule has 0 saturated carbocycles. The maximum absolute atomic E-state index is 13.9. The first kappa shape index (κ1) is 15.9. The van der Waals surface area contributed by atoms with Gasteiger partial charge in [0.1, 0.15) is 5.67 Å². The van der Waals surface area contributed by atoms with Crippen LogP contribution in [0, 0.1) is 0 Å². The van der Waals surface area contributed by atoms with Crippen molar-refractivity contribution in [1.29, 1.82) is 0 Å². The quantitative estimate of drug-likeness (QED) is 0.802. The second-order valence-corrected chi connectivity index (χ2v) is 4.73. The van der Waals surface area contributed by atoms with Gasteiger partial charge in [0, 0.05) is 12.6 Å². The Hall–Kier alpha value is -0.150. The molecule has 0 spiro atoms. The molecule has 3 atom stereocenters. The van der Waals surface area contributed by atoms with Gasteiger partial charge in [-0.2, -0.15) is 0 Å². The van der Waals surface area contributed by atoms with E-state index in [9.17, 15) is 4.39 Å². The first-order valence-corrected chi connectivity index (χ1v) is 6.60. The number of nitrogens with one attached hydrogen (secondary N) is 1. The zero-order valence-electron chi connectivity index (χ0n) is 11.8. The monoisotopic (exact) mass is 232 g/mol. The SMILES string of the molecule is CC.CCC(C)N(C)CC1NCCC1(C)F. The third-order valence-corrected chi connectivity index (χ3v) is 3.54. The highest BCUT2D eigenvalue weighted by Gasteiger charge is 2.39. The lowest BCUT2D eigenvalue weighted by molar-refractivity contribution is 0.125. The van der Waals surface area contributed by atoms with E-state index in [1.165, 1.54) is 0 Å². The van der Waals surface area contributed by atoms with Gasteiger partial charge in [-0.25, -0.2) is 4.39 Å². The van der Waals surface area contributed by atoms with Crippen molar-refractivity contribution < 1.29 is 4.39 Å². The van der Waals surface area contributed by atoms with Gasteiger partial charge in [0.2, 0.25) is 0 Å². The maximum Gasteiger partial charge on any atom is 0.125 e. The summed E-state index contributed by atoms with van der Waals surface area (Å²) in [6.45, 7) is 11.7. The fourth-order valence-electron chi connectivity index (χ4n) is 1.91. The summed E-state index contributed by atoms with van der Waals surface area (Å²) in [4.78, 5) is 2.24. The largest absolute Gasteiger partial charge is 0.310 e. The van der Waals surface area contributed by atoms with Crippen molar-refractivity contribution in [2.24, 2.45) is 0 Å². The van der Waals surface area contributed by atoms with Crippen LogP contribution in [0.3, 0.4) is 0 Å². The van der Waals surface area contributed by atoms with Crippen molar-refractivity contribution >= 4 is 0 Å². The zero-order valence-corrected chi connectivity index (χ0v) is 11.8. The molecule has 0 aromatic carbocycles. The predicted octanol–water partition coefficient (Wildman–Crippen LogP) is 2.83. The molecule has 1 aliphatic heterocycles. The Labute approximate surface area is 101 Å². The van der Waals surface area contributed by atoms with Crippen molar-refractivity contribution in [2.75, 3.05) is 20.1 Å². The molecule has 1 aliphatic rings. The van der Waals surface area contributed by atoms with Gasteiger partial charge >= 0.3 is 0 Å². The maximum atomic E-state index is 13.9. The molecule has 0 radical (unpaired) electrons. The molecule has 0 amide bonds. The van der Waals surface area contributed by atoms with E-state index in [-0.39, 0.29) is 6.04 Å². The van der Waals surface area contributed by atoms with E-state index in [1.54, 1.807) is 6.92 Å². The van der Waals surface area contributed by atoms with E-state index in [0.717, 1.165) is 19.5 Å². The highest BCUT2D eigenvalue weighted by molar-refractivity contribution is 4.96. The third-order valence-electron chi connectivity index (χ3n) is 3.54. The van der Waals surface area contributed by atoms with Gasteiger partial charge in [-0.05, 0) is 40.3 Å². The minimum absolute atomic E-state index is 0.00139. The molecule has 0 bridgehead atoms. The molecule has 1 saturated heterocycles. The number of alkyl halides is 1. The molecule has 3 unspecified atom stereocenters. The van der Waals surface area contributed by atoms with Gasteiger partial charge < -0.3 is 10.2 Å². The summed E-state index contributed by atoms with van der Waals surface area (Å²) < 4.78 is 13.9. The molecular formula is C13H29FN2. The molecule has 98 valence electrons. The minimum atomic E-state index is -1.03. The number of hydrogen-bond donors (Lipinski definition) is 1. The molecule has 0 aromatic rings. The van der Waals surface area contributed by atoms with Crippen molar-refractivity contribution in [1.82, 2.24) is 10.2 Å². The van der Waals surface area contributed by atoms with Crippen molar-refractivity contribution in [3.63, 3.8) is 0 Å². The minimum Gasteiger partial charge on any atom is -0.310 e. The molecule has 1 rings (SSSR count). The Morgan fingerprint density at radius 2 is 2.06 bits per heavy atom. The summed E-state index contributed by atoms with van der Waals surface area (Å²) >= 11 is 0. The number of halogens is 1. The van der Waals surface area contributed by atoms with Crippen molar-refractivity contribution in [3.8, 4) is 0 Å².